The first-order chi connectivity index (χ1) is 21.8. The molecule has 3 N–H and O–H groups in total. The highest BCUT2D eigenvalue weighted by Gasteiger charge is 2.25. The Morgan fingerprint density at radius 3 is 1.60 bits per heavy atom. The fourth-order valence-electron chi connectivity index (χ4n) is 4.92. The summed E-state index contributed by atoms with van der Waals surface area (Å²) in [6.45, 7) is 3.69. The number of phosphoric acid groups is 1. The number of allylic oxidation sites excluding steroid dienone is 2. The lowest BCUT2D eigenvalue weighted by atomic mass is 10.1. The maximum absolute atomic E-state index is 12.5. The monoisotopic (exact) mass is 661 g/mol. The zero-order valence-electron chi connectivity index (χ0n) is 28.9. The van der Waals surface area contributed by atoms with E-state index in [9.17, 15) is 19.0 Å². The average molecular weight is 662 g/mol. The Hall–Kier alpha value is -1.25. The van der Waals surface area contributed by atoms with E-state index in [-0.39, 0.29) is 38.6 Å². The van der Waals surface area contributed by atoms with E-state index in [0.717, 1.165) is 51.4 Å². The quantitative estimate of drug-likeness (QED) is 0.0299. The molecule has 2 unspecified atom stereocenters. The van der Waals surface area contributed by atoms with Gasteiger partial charge in [0.2, 0.25) is 0 Å². The highest BCUT2D eigenvalue weighted by atomic mass is 31.2. The Kier molecular flexibility index (Phi) is 31.8. The van der Waals surface area contributed by atoms with Crippen LogP contribution in [0.15, 0.2) is 12.2 Å². The number of rotatable bonds is 34. The summed E-state index contributed by atoms with van der Waals surface area (Å²) >= 11 is 0. The minimum Gasteiger partial charge on any atom is -0.462 e. The molecule has 0 radical (unpaired) electrons. The lowest BCUT2D eigenvalue weighted by molar-refractivity contribution is -0.161. The lowest BCUT2D eigenvalue weighted by Gasteiger charge is -2.19. The molecule has 0 rings (SSSR count). The molecule has 0 aliphatic heterocycles. The summed E-state index contributed by atoms with van der Waals surface area (Å²) in [5.41, 5.74) is 5.32. The molecule has 9 nitrogen and oxygen atoms in total. The van der Waals surface area contributed by atoms with Crippen molar-refractivity contribution in [3.05, 3.63) is 12.2 Å². The van der Waals surface area contributed by atoms with Crippen molar-refractivity contribution in [2.45, 2.75) is 174 Å². The number of unbranched alkanes of at least 4 members (excludes halogenated alkanes) is 19. The number of nitrogens with two attached hydrogens (primary N) is 1. The van der Waals surface area contributed by atoms with Gasteiger partial charge >= 0.3 is 19.8 Å². The largest absolute Gasteiger partial charge is 0.472 e. The molecule has 0 aromatic carbocycles. The molecule has 266 valence electrons. The Morgan fingerprint density at radius 2 is 1.09 bits per heavy atom. The second-order valence-corrected chi connectivity index (χ2v) is 13.5. The van der Waals surface area contributed by atoms with E-state index in [0.29, 0.717) is 6.42 Å². The highest BCUT2D eigenvalue weighted by molar-refractivity contribution is 7.47. The smallest absolute Gasteiger partial charge is 0.462 e. The molecule has 0 aromatic heterocycles. The molecule has 0 aliphatic carbocycles. The summed E-state index contributed by atoms with van der Waals surface area (Å²) in [4.78, 5) is 34.6. The molecule has 0 spiro atoms. The number of carbonyl (C=O) groups excluding carboxylic acids is 2. The van der Waals surface area contributed by atoms with Crippen LogP contribution in [0, 0.1) is 0 Å². The summed E-state index contributed by atoms with van der Waals surface area (Å²) in [6, 6.07) is 0. The topological polar surface area (TPSA) is 134 Å². The van der Waals surface area contributed by atoms with Gasteiger partial charge in [0.05, 0.1) is 13.2 Å². The van der Waals surface area contributed by atoms with Crippen LogP contribution in [0.2, 0.25) is 0 Å². The molecular weight excluding hydrogens is 593 g/mol. The van der Waals surface area contributed by atoms with Gasteiger partial charge in [-0.1, -0.05) is 129 Å². The SMILES string of the molecule is CCCCCCC=CCCCCCCCC(=O)OCC(COP(=O)(O)OCCN)OC(=O)CCCCCCCCCCCCC. The average Bonchev–Trinajstić information content (AvgIpc) is 3.02. The number of hydrogen-bond donors (Lipinski definition) is 2. The number of ether oxygens (including phenoxy) is 2. The lowest BCUT2D eigenvalue weighted by Crippen LogP contribution is -2.29. The van der Waals surface area contributed by atoms with Crippen molar-refractivity contribution in [1.82, 2.24) is 0 Å². The summed E-state index contributed by atoms with van der Waals surface area (Å²) in [6.07, 6.45) is 29.5. The molecule has 10 heteroatoms. The van der Waals surface area contributed by atoms with Crippen molar-refractivity contribution in [2.24, 2.45) is 5.73 Å². The fraction of sp³-hybridized carbons (Fsp3) is 0.886. The molecule has 0 amide bonds. The van der Waals surface area contributed by atoms with E-state index < -0.39 is 26.5 Å². The first-order valence-corrected chi connectivity index (χ1v) is 19.7. The van der Waals surface area contributed by atoms with Crippen LogP contribution in [0.5, 0.6) is 0 Å². The van der Waals surface area contributed by atoms with E-state index in [4.69, 9.17) is 24.3 Å². The van der Waals surface area contributed by atoms with Crippen LogP contribution in [-0.2, 0) is 32.7 Å². The fourth-order valence-corrected chi connectivity index (χ4v) is 5.69. The van der Waals surface area contributed by atoms with Crippen LogP contribution in [0.1, 0.15) is 168 Å². The van der Waals surface area contributed by atoms with Crippen LogP contribution in [0.3, 0.4) is 0 Å². The van der Waals surface area contributed by atoms with E-state index in [1.54, 1.807) is 0 Å². The molecule has 0 saturated carbocycles. The number of carbonyl (C=O) groups is 2. The molecule has 0 fully saturated rings. The summed E-state index contributed by atoms with van der Waals surface area (Å²) in [7, 11) is -4.36. The third-order valence-corrected chi connectivity index (χ3v) is 8.64. The molecule has 0 aliphatic rings. The first-order valence-electron chi connectivity index (χ1n) is 18.2. The van der Waals surface area contributed by atoms with Gasteiger partial charge in [-0.2, -0.15) is 0 Å². The molecular formula is C35H68NO8P. The van der Waals surface area contributed by atoms with Gasteiger partial charge in [-0.25, -0.2) is 4.57 Å². The minimum atomic E-state index is -4.36. The predicted molar refractivity (Wildman–Crippen MR) is 183 cm³/mol. The molecule has 0 saturated heterocycles. The van der Waals surface area contributed by atoms with Crippen LogP contribution in [-0.4, -0.2) is 49.3 Å². The van der Waals surface area contributed by atoms with Gasteiger partial charge in [-0.15, -0.1) is 0 Å². The normalized spacial score (nSPS) is 13.6. The zero-order chi connectivity index (χ0) is 33.3. The van der Waals surface area contributed by atoms with Crippen LogP contribution in [0.25, 0.3) is 0 Å². The second kappa shape index (κ2) is 32.7. The van der Waals surface area contributed by atoms with Gasteiger partial charge in [0.1, 0.15) is 6.61 Å². The van der Waals surface area contributed by atoms with Crippen molar-refractivity contribution in [3.63, 3.8) is 0 Å². The molecule has 0 bridgehead atoms. The van der Waals surface area contributed by atoms with Crippen LogP contribution in [0.4, 0.5) is 0 Å². The van der Waals surface area contributed by atoms with Gasteiger partial charge in [-0.05, 0) is 38.5 Å². The van der Waals surface area contributed by atoms with E-state index >= 15 is 0 Å². The van der Waals surface area contributed by atoms with E-state index in [2.05, 4.69) is 26.0 Å². The Balaban J connectivity index is 4.25. The van der Waals surface area contributed by atoms with Crippen molar-refractivity contribution in [3.8, 4) is 0 Å². The Labute approximate surface area is 275 Å². The van der Waals surface area contributed by atoms with Gasteiger partial charge in [0.25, 0.3) is 0 Å². The van der Waals surface area contributed by atoms with Gasteiger partial charge < -0.3 is 20.1 Å². The highest BCUT2D eigenvalue weighted by Crippen LogP contribution is 2.43. The third-order valence-electron chi connectivity index (χ3n) is 7.65. The van der Waals surface area contributed by atoms with Crippen LogP contribution < -0.4 is 5.73 Å². The number of esters is 2. The van der Waals surface area contributed by atoms with Crippen molar-refractivity contribution < 1.29 is 37.6 Å². The van der Waals surface area contributed by atoms with E-state index in [1.807, 2.05) is 0 Å². The summed E-state index contributed by atoms with van der Waals surface area (Å²) in [5, 5.41) is 0. The van der Waals surface area contributed by atoms with Crippen molar-refractivity contribution in [2.75, 3.05) is 26.4 Å². The molecule has 2 atom stereocenters. The maximum atomic E-state index is 12.5. The van der Waals surface area contributed by atoms with E-state index in [1.165, 1.54) is 83.5 Å². The predicted octanol–water partition coefficient (Wildman–Crippen LogP) is 9.49. The standard InChI is InChI=1S/C35H68NO8P/c1-3-5-7-9-11-13-15-16-18-19-21-23-25-27-34(37)41-31-33(32-43-45(39,40)42-30-29-36)44-35(38)28-26-24-22-20-17-14-12-10-8-6-4-2/h13,15,33H,3-12,14,16-32,36H2,1-2H3,(H,39,40). The van der Waals surface area contributed by atoms with Gasteiger partial charge in [0.15, 0.2) is 6.10 Å². The number of phosphoric ester groups is 1. The zero-order valence-corrected chi connectivity index (χ0v) is 29.8. The summed E-state index contributed by atoms with van der Waals surface area (Å²) < 4.78 is 32.6. The molecule has 0 heterocycles. The van der Waals surface area contributed by atoms with Gasteiger partial charge in [-0.3, -0.25) is 18.6 Å². The van der Waals surface area contributed by atoms with Crippen molar-refractivity contribution >= 4 is 19.8 Å². The summed E-state index contributed by atoms with van der Waals surface area (Å²) in [5.74, 6) is -0.837. The third kappa shape index (κ3) is 32.5. The van der Waals surface area contributed by atoms with Crippen LogP contribution >= 0.6 is 7.82 Å². The Bertz CT molecular complexity index is 764. The van der Waals surface area contributed by atoms with Crippen molar-refractivity contribution in [1.29, 1.82) is 0 Å². The number of hydrogen-bond acceptors (Lipinski definition) is 8. The maximum Gasteiger partial charge on any atom is 0.472 e. The second-order valence-electron chi connectivity index (χ2n) is 12.1. The Morgan fingerprint density at radius 1 is 0.644 bits per heavy atom. The molecule has 0 aromatic rings. The first kappa shape index (κ1) is 43.8. The van der Waals surface area contributed by atoms with Gasteiger partial charge in [0, 0.05) is 19.4 Å². The molecule has 45 heavy (non-hydrogen) atoms. The minimum absolute atomic E-state index is 0.0547.